The number of halogens is 1. The van der Waals surface area contributed by atoms with E-state index in [1.54, 1.807) is 0 Å². The minimum atomic E-state index is -0.618. The molecule has 1 saturated carbocycles. The maximum atomic E-state index is 12.9. The summed E-state index contributed by atoms with van der Waals surface area (Å²) < 4.78 is 12.9. The lowest BCUT2D eigenvalue weighted by atomic mass is 9.84. The summed E-state index contributed by atoms with van der Waals surface area (Å²) in [6.45, 7) is 2.03. The second kappa shape index (κ2) is 5.94. The molecule has 1 atom stereocenters. The molecule has 0 saturated heterocycles. The summed E-state index contributed by atoms with van der Waals surface area (Å²) in [4.78, 5) is 15.4. The second-order valence-electron chi connectivity index (χ2n) is 5.03. The summed E-state index contributed by atoms with van der Waals surface area (Å²) in [6, 6.07) is 2.85. The van der Waals surface area contributed by atoms with Crippen molar-refractivity contribution in [3.8, 4) is 0 Å². The molecule has 3 nitrogen and oxygen atoms in total. The van der Waals surface area contributed by atoms with Crippen LogP contribution < -0.4 is 5.32 Å². The monoisotopic (exact) mass is 250 g/mol. The number of carbonyl (C=O) groups is 1. The van der Waals surface area contributed by atoms with Crippen molar-refractivity contribution >= 4 is 5.91 Å². The Kier molecular flexibility index (Phi) is 4.28. The lowest BCUT2D eigenvalue weighted by Gasteiger charge is -2.28. The molecule has 98 valence electrons. The zero-order valence-corrected chi connectivity index (χ0v) is 10.7. The number of hydrogen-bond acceptors (Lipinski definition) is 2. The lowest BCUT2D eigenvalue weighted by molar-refractivity contribution is 0.0918. The van der Waals surface area contributed by atoms with Crippen molar-refractivity contribution in [2.45, 2.75) is 45.1 Å². The Morgan fingerprint density at radius 3 is 2.83 bits per heavy atom. The van der Waals surface area contributed by atoms with E-state index in [4.69, 9.17) is 0 Å². The molecule has 0 unspecified atom stereocenters. The standard InChI is InChI=1S/C14H19FN2O/c1-10(11-5-3-2-4-6-11)17-14(18)12-7-8-16-13(15)9-12/h7-11H,2-6H2,1H3,(H,17,18)/t10-/m0/s1. The summed E-state index contributed by atoms with van der Waals surface area (Å²) in [5.41, 5.74) is 0.338. The Morgan fingerprint density at radius 2 is 2.17 bits per heavy atom. The molecule has 0 radical (unpaired) electrons. The number of nitrogens with zero attached hydrogens (tertiary/aromatic N) is 1. The van der Waals surface area contributed by atoms with Gasteiger partial charge in [-0.2, -0.15) is 4.39 Å². The minimum absolute atomic E-state index is 0.147. The van der Waals surface area contributed by atoms with Gasteiger partial charge in [0.25, 0.3) is 5.91 Å². The van der Waals surface area contributed by atoms with Crippen molar-refractivity contribution in [2.24, 2.45) is 5.92 Å². The number of amides is 1. The van der Waals surface area contributed by atoms with Crippen molar-refractivity contribution in [1.29, 1.82) is 0 Å². The molecule has 1 aromatic heterocycles. The predicted molar refractivity (Wildman–Crippen MR) is 67.7 cm³/mol. The van der Waals surface area contributed by atoms with Crippen molar-refractivity contribution in [1.82, 2.24) is 10.3 Å². The van der Waals surface area contributed by atoms with Crippen molar-refractivity contribution in [3.63, 3.8) is 0 Å². The molecule has 1 fully saturated rings. The van der Waals surface area contributed by atoms with Crippen LogP contribution in [0.5, 0.6) is 0 Å². The molecule has 1 N–H and O–H groups in total. The van der Waals surface area contributed by atoms with E-state index in [2.05, 4.69) is 10.3 Å². The fourth-order valence-electron chi connectivity index (χ4n) is 2.59. The van der Waals surface area contributed by atoms with E-state index in [0.29, 0.717) is 11.5 Å². The van der Waals surface area contributed by atoms with Gasteiger partial charge in [-0.1, -0.05) is 19.3 Å². The molecule has 0 bridgehead atoms. The van der Waals surface area contributed by atoms with E-state index in [1.165, 1.54) is 50.4 Å². The molecule has 2 rings (SSSR count). The molecule has 1 heterocycles. The SMILES string of the molecule is C[C@H](NC(=O)c1ccnc(F)c1)C1CCCCC1. The number of rotatable bonds is 3. The van der Waals surface area contributed by atoms with Gasteiger partial charge in [0.15, 0.2) is 0 Å². The third kappa shape index (κ3) is 3.28. The molecular formula is C14H19FN2O. The van der Waals surface area contributed by atoms with Gasteiger partial charge in [-0.15, -0.1) is 0 Å². The highest BCUT2D eigenvalue weighted by molar-refractivity contribution is 5.94. The molecule has 0 aliphatic heterocycles. The third-order valence-electron chi connectivity index (χ3n) is 3.70. The molecule has 4 heteroatoms. The highest BCUT2D eigenvalue weighted by Crippen LogP contribution is 2.26. The average molecular weight is 250 g/mol. The highest BCUT2D eigenvalue weighted by atomic mass is 19.1. The summed E-state index contributed by atoms with van der Waals surface area (Å²) in [6.07, 6.45) is 7.45. The maximum absolute atomic E-state index is 12.9. The fourth-order valence-corrected chi connectivity index (χ4v) is 2.59. The minimum Gasteiger partial charge on any atom is -0.349 e. The number of aromatic nitrogens is 1. The van der Waals surface area contributed by atoms with Crippen molar-refractivity contribution in [3.05, 3.63) is 29.8 Å². The zero-order chi connectivity index (χ0) is 13.0. The predicted octanol–water partition coefficient (Wildman–Crippen LogP) is 2.92. The van der Waals surface area contributed by atoms with Crippen LogP contribution in [0.4, 0.5) is 4.39 Å². The van der Waals surface area contributed by atoms with Crippen molar-refractivity contribution in [2.75, 3.05) is 0 Å². The van der Waals surface area contributed by atoms with Gasteiger partial charge in [0, 0.05) is 23.9 Å². The lowest BCUT2D eigenvalue weighted by Crippen LogP contribution is -2.38. The molecule has 1 aliphatic carbocycles. The van der Waals surface area contributed by atoms with Gasteiger partial charge >= 0.3 is 0 Å². The number of nitrogens with one attached hydrogen (secondary N) is 1. The van der Waals surface area contributed by atoms with E-state index >= 15 is 0 Å². The molecule has 0 spiro atoms. The molecule has 18 heavy (non-hydrogen) atoms. The van der Waals surface area contributed by atoms with E-state index in [0.717, 1.165) is 0 Å². The fraction of sp³-hybridized carbons (Fsp3) is 0.571. The number of pyridine rings is 1. The Morgan fingerprint density at radius 1 is 1.44 bits per heavy atom. The van der Waals surface area contributed by atoms with Gasteiger partial charge in [-0.05, 0) is 31.7 Å². The molecule has 1 aromatic rings. The normalized spacial score (nSPS) is 18.3. The number of hydrogen-bond donors (Lipinski definition) is 1. The molecular weight excluding hydrogens is 231 g/mol. The largest absolute Gasteiger partial charge is 0.349 e. The molecule has 0 aromatic carbocycles. The van der Waals surface area contributed by atoms with Gasteiger partial charge < -0.3 is 5.32 Å². The van der Waals surface area contributed by atoms with Crippen LogP contribution in [0.2, 0.25) is 0 Å². The zero-order valence-electron chi connectivity index (χ0n) is 10.7. The van der Waals surface area contributed by atoms with Crippen LogP contribution >= 0.6 is 0 Å². The first-order chi connectivity index (χ1) is 8.66. The quantitative estimate of drug-likeness (QED) is 0.838. The highest BCUT2D eigenvalue weighted by Gasteiger charge is 2.21. The van der Waals surface area contributed by atoms with E-state index in [9.17, 15) is 9.18 Å². The topological polar surface area (TPSA) is 42.0 Å². The second-order valence-corrected chi connectivity index (χ2v) is 5.03. The van der Waals surface area contributed by atoms with Gasteiger partial charge in [-0.3, -0.25) is 4.79 Å². The van der Waals surface area contributed by atoms with E-state index in [-0.39, 0.29) is 11.9 Å². The van der Waals surface area contributed by atoms with Gasteiger partial charge in [0.05, 0.1) is 0 Å². The van der Waals surface area contributed by atoms with E-state index < -0.39 is 5.95 Å². The molecule has 1 amide bonds. The first-order valence-corrected chi connectivity index (χ1v) is 6.59. The smallest absolute Gasteiger partial charge is 0.251 e. The van der Waals surface area contributed by atoms with Gasteiger partial charge in [0.2, 0.25) is 5.95 Å². The maximum Gasteiger partial charge on any atom is 0.251 e. The molecule has 1 aliphatic rings. The number of carbonyl (C=O) groups excluding carboxylic acids is 1. The van der Waals surface area contributed by atoms with Gasteiger partial charge in [-0.25, -0.2) is 4.98 Å². The summed E-state index contributed by atoms with van der Waals surface area (Å²) in [5.74, 6) is -0.281. The van der Waals surface area contributed by atoms with Crippen molar-refractivity contribution < 1.29 is 9.18 Å². The summed E-state index contributed by atoms with van der Waals surface area (Å²) in [5, 5.41) is 2.96. The van der Waals surface area contributed by atoms with Crippen LogP contribution in [0.25, 0.3) is 0 Å². The van der Waals surface area contributed by atoms with Gasteiger partial charge in [0.1, 0.15) is 0 Å². The first kappa shape index (κ1) is 13.0. The van der Waals surface area contributed by atoms with Crippen LogP contribution in [0.15, 0.2) is 18.3 Å². The first-order valence-electron chi connectivity index (χ1n) is 6.59. The van der Waals surface area contributed by atoms with Crippen LogP contribution in [0.3, 0.4) is 0 Å². The Hall–Kier alpha value is -1.45. The Bertz CT molecular complexity index is 416. The Balaban J connectivity index is 1.94. The summed E-state index contributed by atoms with van der Waals surface area (Å²) in [7, 11) is 0. The summed E-state index contributed by atoms with van der Waals surface area (Å²) >= 11 is 0. The van der Waals surface area contributed by atoms with Crippen LogP contribution in [0, 0.1) is 11.9 Å². The average Bonchev–Trinajstić information content (AvgIpc) is 2.39. The van der Waals surface area contributed by atoms with E-state index in [1.807, 2.05) is 6.92 Å². The van der Waals surface area contributed by atoms with Crippen LogP contribution in [-0.2, 0) is 0 Å². The third-order valence-corrected chi connectivity index (χ3v) is 3.70. The Labute approximate surface area is 107 Å². The van der Waals surface area contributed by atoms with Crippen LogP contribution in [-0.4, -0.2) is 16.9 Å². The van der Waals surface area contributed by atoms with Crippen LogP contribution in [0.1, 0.15) is 49.4 Å².